The van der Waals surface area contributed by atoms with E-state index in [0.717, 1.165) is 11.1 Å². The first kappa shape index (κ1) is 17.6. The standard InChI is InChI=1S/C18H17ClFN3OS/c1-11(2)13-7-15(17(24)22-18-21-8-16(19)25-18)23(10-13)9-12-3-5-14(20)6-4-12/h3-8,10-11H,9H2,1-2H3,(H,21,22,24). The molecule has 0 spiro atoms. The van der Waals surface area contributed by atoms with Crippen LogP contribution < -0.4 is 5.32 Å². The van der Waals surface area contributed by atoms with Crippen molar-refractivity contribution in [1.29, 1.82) is 0 Å². The van der Waals surface area contributed by atoms with Crippen LogP contribution in [-0.2, 0) is 6.54 Å². The number of rotatable bonds is 5. The molecule has 1 aromatic carbocycles. The van der Waals surface area contributed by atoms with Gasteiger partial charge in [-0.25, -0.2) is 9.37 Å². The van der Waals surface area contributed by atoms with Gasteiger partial charge in [-0.05, 0) is 35.2 Å². The van der Waals surface area contributed by atoms with E-state index in [4.69, 9.17) is 11.6 Å². The van der Waals surface area contributed by atoms with Crippen molar-refractivity contribution in [2.45, 2.75) is 26.3 Å². The van der Waals surface area contributed by atoms with Crippen molar-refractivity contribution >= 4 is 34.0 Å². The van der Waals surface area contributed by atoms with Gasteiger partial charge in [0.1, 0.15) is 15.8 Å². The average Bonchev–Trinajstić information content (AvgIpc) is 3.16. The average molecular weight is 378 g/mol. The maximum absolute atomic E-state index is 13.1. The monoisotopic (exact) mass is 377 g/mol. The second-order valence-corrected chi connectivity index (χ2v) is 7.65. The quantitative estimate of drug-likeness (QED) is 0.667. The topological polar surface area (TPSA) is 46.9 Å². The summed E-state index contributed by atoms with van der Waals surface area (Å²) in [5.41, 5.74) is 2.50. The number of carbonyl (C=O) groups excluding carboxylic acids is 1. The van der Waals surface area contributed by atoms with Crippen molar-refractivity contribution in [1.82, 2.24) is 9.55 Å². The number of hydrogen-bond donors (Lipinski definition) is 1. The van der Waals surface area contributed by atoms with E-state index in [1.807, 2.05) is 16.8 Å². The van der Waals surface area contributed by atoms with Crippen LogP contribution in [0.1, 0.15) is 41.4 Å². The number of benzene rings is 1. The number of nitrogens with zero attached hydrogens (tertiary/aromatic N) is 2. The molecule has 2 aromatic heterocycles. The Morgan fingerprint density at radius 3 is 2.68 bits per heavy atom. The zero-order chi connectivity index (χ0) is 18.0. The fourth-order valence-electron chi connectivity index (χ4n) is 2.43. The number of amides is 1. The van der Waals surface area contributed by atoms with Crippen LogP contribution in [0.2, 0.25) is 4.34 Å². The minimum absolute atomic E-state index is 0.250. The molecule has 0 unspecified atom stereocenters. The van der Waals surface area contributed by atoms with Crippen molar-refractivity contribution in [3.8, 4) is 0 Å². The molecular weight excluding hydrogens is 361 g/mol. The molecule has 0 aliphatic carbocycles. The van der Waals surface area contributed by atoms with Gasteiger partial charge >= 0.3 is 0 Å². The summed E-state index contributed by atoms with van der Waals surface area (Å²) in [6, 6.07) is 8.14. The molecule has 0 saturated heterocycles. The third-order valence-electron chi connectivity index (χ3n) is 3.78. The van der Waals surface area contributed by atoms with E-state index in [2.05, 4.69) is 24.1 Å². The van der Waals surface area contributed by atoms with E-state index in [9.17, 15) is 9.18 Å². The fraction of sp³-hybridized carbons (Fsp3) is 0.222. The molecule has 0 fully saturated rings. The number of nitrogens with one attached hydrogen (secondary N) is 1. The van der Waals surface area contributed by atoms with Gasteiger partial charge in [0.2, 0.25) is 0 Å². The Hall–Kier alpha value is -2.18. The van der Waals surface area contributed by atoms with Crippen LogP contribution in [-0.4, -0.2) is 15.5 Å². The van der Waals surface area contributed by atoms with Gasteiger partial charge in [-0.2, -0.15) is 0 Å². The van der Waals surface area contributed by atoms with Gasteiger partial charge in [0.15, 0.2) is 5.13 Å². The molecule has 1 N–H and O–H groups in total. The molecule has 7 heteroatoms. The van der Waals surface area contributed by atoms with Crippen molar-refractivity contribution in [2.75, 3.05) is 5.32 Å². The second kappa shape index (κ2) is 7.37. The molecule has 0 aliphatic heterocycles. The van der Waals surface area contributed by atoms with Crippen LogP contribution in [0.15, 0.2) is 42.7 Å². The highest BCUT2D eigenvalue weighted by Gasteiger charge is 2.17. The molecule has 4 nitrogen and oxygen atoms in total. The van der Waals surface area contributed by atoms with E-state index in [-0.39, 0.29) is 17.6 Å². The first-order chi connectivity index (χ1) is 11.9. The number of hydrogen-bond acceptors (Lipinski definition) is 3. The second-order valence-electron chi connectivity index (χ2n) is 5.99. The van der Waals surface area contributed by atoms with Gasteiger partial charge in [0.25, 0.3) is 5.91 Å². The molecule has 1 amide bonds. The van der Waals surface area contributed by atoms with Crippen LogP contribution in [0.25, 0.3) is 0 Å². The van der Waals surface area contributed by atoms with Crippen LogP contribution in [0, 0.1) is 5.82 Å². The van der Waals surface area contributed by atoms with Crippen molar-refractivity contribution in [2.24, 2.45) is 0 Å². The van der Waals surface area contributed by atoms with E-state index < -0.39 is 0 Å². The van der Waals surface area contributed by atoms with Gasteiger partial charge < -0.3 is 4.57 Å². The number of thiazole rings is 1. The lowest BCUT2D eigenvalue weighted by molar-refractivity contribution is 0.101. The molecule has 25 heavy (non-hydrogen) atoms. The first-order valence-corrected chi connectivity index (χ1v) is 8.99. The fourth-order valence-corrected chi connectivity index (χ4v) is 3.24. The smallest absolute Gasteiger partial charge is 0.274 e. The summed E-state index contributed by atoms with van der Waals surface area (Å²) in [4.78, 5) is 16.7. The van der Waals surface area contributed by atoms with Gasteiger partial charge in [0.05, 0.1) is 6.20 Å². The Bertz CT molecular complexity index is 886. The van der Waals surface area contributed by atoms with Crippen LogP contribution in [0.5, 0.6) is 0 Å². The third kappa shape index (κ3) is 4.27. The van der Waals surface area contributed by atoms with Crippen molar-refractivity contribution in [3.05, 3.63) is 69.7 Å². The van der Waals surface area contributed by atoms with E-state index in [1.165, 1.54) is 29.7 Å². The molecule has 0 bridgehead atoms. The Morgan fingerprint density at radius 2 is 2.08 bits per heavy atom. The van der Waals surface area contributed by atoms with Gasteiger partial charge in [-0.1, -0.05) is 48.9 Å². The van der Waals surface area contributed by atoms with E-state index in [1.54, 1.807) is 12.1 Å². The molecular formula is C18H17ClFN3OS. The Kier molecular flexibility index (Phi) is 5.20. The SMILES string of the molecule is CC(C)c1cc(C(=O)Nc2ncc(Cl)s2)n(Cc2ccc(F)cc2)c1. The summed E-state index contributed by atoms with van der Waals surface area (Å²) in [5.74, 6) is -0.243. The van der Waals surface area contributed by atoms with Crippen LogP contribution >= 0.6 is 22.9 Å². The largest absolute Gasteiger partial charge is 0.339 e. The van der Waals surface area contributed by atoms with Gasteiger partial charge in [-0.15, -0.1) is 0 Å². The molecule has 0 radical (unpaired) electrons. The minimum atomic E-state index is -0.280. The number of anilines is 1. The van der Waals surface area contributed by atoms with Crippen molar-refractivity contribution in [3.63, 3.8) is 0 Å². The highest BCUT2D eigenvalue weighted by Crippen LogP contribution is 2.24. The predicted octanol–water partition coefficient (Wildman–Crippen LogP) is 5.16. The molecule has 3 aromatic rings. The minimum Gasteiger partial charge on any atom is -0.339 e. The summed E-state index contributed by atoms with van der Waals surface area (Å²) >= 11 is 7.06. The summed E-state index contributed by atoms with van der Waals surface area (Å²) in [7, 11) is 0. The summed E-state index contributed by atoms with van der Waals surface area (Å²) in [5, 5.41) is 3.22. The van der Waals surface area contributed by atoms with Crippen molar-refractivity contribution < 1.29 is 9.18 Å². The Morgan fingerprint density at radius 1 is 1.36 bits per heavy atom. The maximum Gasteiger partial charge on any atom is 0.274 e. The van der Waals surface area contributed by atoms with Gasteiger partial charge in [-0.3, -0.25) is 10.1 Å². The molecule has 130 valence electrons. The molecule has 0 aliphatic rings. The maximum atomic E-state index is 13.1. The molecule has 2 heterocycles. The zero-order valence-electron chi connectivity index (χ0n) is 13.8. The Labute approximate surface area is 154 Å². The lowest BCUT2D eigenvalue weighted by Gasteiger charge is -2.09. The molecule has 0 saturated carbocycles. The lowest BCUT2D eigenvalue weighted by atomic mass is 10.1. The number of halogens is 2. The lowest BCUT2D eigenvalue weighted by Crippen LogP contribution is -2.17. The summed E-state index contributed by atoms with van der Waals surface area (Å²) < 4.78 is 15.5. The normalized spacial score (nSPS) is 11.1. The highest BCUT2D eigenvalue weighted by atomic mass is 35.5. The summed E-state index contributed by atoms with van der Waals surface area (Å²) in [6.07, 6.45) is 3.46. The first-order valence-electron chi connectivity index (χ1n) is 7.79. The van der Waals surface area contributed by atoms with Crippen LogP contribution in [0.3, 0.4) is 0 Å². The van der Waals surface area contributed by atoms with E-state index >= 15 is 0 Å². The molecule has 0 atom stereocenters. The van der Waals surface area contributed by atoms with E-state index in [0.29, 0.717) is 21.7 Å². The third-order valence-corrected chi connectivity index (χ3v) is 4.81. The molecule has 3 rings (SSSR count). The number of aromatic nitrogens is 2. The Balaban J connectivity index is 1.88. The summed E-state index contributed by atoms with van der Waals surface area (Å²) in [6.45, 7) is 4.62. The van der Waals surface area contributed by atoms with Gasteiger partial charge in [0, 0.05) is 12.7 Å². The number of carbonyl (C=O) groups is 1. The zero-order valence-corrected chi connectivity index (χ0v) is 15.4. The highest BCUT2D eigenvalue weighted by molar-refractivity contribution is 7.19. The predicted molar refractivity (Wildman–Crippen MR) is 99.1 cm³/mol. The van der Waals surface area contributed by atoms with Crippen LogP contribution in [0.4, 0.5) is 9.52 Å².